The summed E-state index contributed by atoms with van der Waals surface area (Å²) in [6, 6.07) is 0.0344. The van der Waals surface area contributed by atoms with Crippen LogP contribution in [-0.2, 0) is 4.79 Å². The first-order chi connectivity index (χ1) is 7.97. The molecule has 90 valence electrons. The number of benzene rings is 1. The number of carbonyl (C=O) groups excluding carboxylic acids is 1. The lowest BCUT2D eigenvalue weighted by molar-refractivity contribution is -0.109. The summed E-state index contributed by atoms with van der Waals surface area (Å²) in [5, 5.41) is 1.91. The van der Waals surface area contributed by atoms with Crippen LogP contribution in [-0.4, -0.2) is 11.7 Å². The van der Waals surface area contributed by atoms with E-state index >= 15 is 0 Å². The van der Waals surface area contributed by atoms with Crippen molar-refractivity contribution in [1.29, 1.82) is 0 Å². The van der Waals surface area contributed by atoms with E-state index in [9.17, 15) is 22.4 Å². The molecule has 0 amide bonds. The topological polar surface area (TPSA) is 65.8 Å². The van der Waals surface area contributed by atoms with E-state index in [1.807, 2.05) is 0 Å². The van der Waals surface area contributed by atoms with Crippen molar-refractivity contribution in [2.75, 3.05) is 6.54 Å². The summed E-state index contributed by atoms with van der Waals surface area (Å²) >= 11 is -0.0687. The molecule has 0 aliphatic heterocycles. The maximum Gasteiger partial charge on any atom is 0.199 e. The summed E-state index contributed by atoms with van der Waals surface area (Å²) in [6.07, 6.45) is 0. The highest BCUT2D eigenvalue weighted by molar-refractivity contribution is 8.13. The Balaban J connectivity index is 3.05. The fraction of sp³-hybridized carbons (Fsp3) is 0.125. The number of hydrogen-bond donors (Lipinski definition) is 0. The Bertz CT molecular complexity index is 490. The average molecular weight is 265 g/mol. The molecule has 1 rings (SSSR count). The Kier molecular flexibility index (Phi) is 4.36. The van der Waals surface area contributed by atoms with Crippen LogP contribution >= 0.6 is 11.8 Å². The molecule has 0 N–H and O–H groups in total. The third kappa shape index (κ3) is 3.11. The Morgan fingerprint density at radius 1 is 1.29 bits per heavy atom. The number of hydrogen-bond acceptors (Lipinski definition) is 3. The predicted octanol–water partition coefficient (Wildman–Crippen LogP) is 3.17. The van der Waals surface area contributed by atoms with Gasteiger partial charge in [0.15, 0.2) is 28.4 Å². The van der Waals surface area contributed by atoms with Crippen LogP contribution < -0.4 is 0 Å². The minimum atomic E-state index is -1.66. The molecule has 0 unspecified atom stereocenters. The molecule has 0 aliphatic carbocycles. The zero-order valence-electron chi connectivity index (χ0n) is 7.95. The molecule has 0 aromatic heterocycles. The third-order valence-electron chi connectivity index (χ3n) is 1.55. The van der Waals surface area contributed by atoms with Crippen molar-refractivity contribution in [2.24, 2.45) is 5.11 Å². The van der Waals surface area contributed by atoms with Crippen LogP contribution in [0.3, 0.4) is 0 Å². The van der Waals surface area contributed by atoms with Crippen molar-refractivity contribution >= 4 is 16.9 Å². The summed E-state index contributed by atoms with van der Waals surface area (Å²) in [4.78, 5) is 12.2. The number of azide groups is 1. The lowest BCUT2D eigenvalue weighted by atomic mass is 10.3. The molecule has 0 aliphatic rings. The first-order valence-electron chi connectivity index (χ1n) is 4.02. The second-order valence-electron chi connectivity index (χ2n) is 2.66. The highest BCUT2D eigenvalue weighted by Crippen LogP contribution is 2.29. The van der Waals surface area contributed by atoms with Gasteiger partial charge in [0.2, 0.25) is 0 Å². The van der Waals surface area contributed by atoms with Gasteiger partial charge in [0.1, 0.15) is 0 Å². The van der Waals surface area contributed by atoms with Crippen LogP contribution in [0.4, 0.5) is 17.6 Å². The summed E-state index contributed by atoms with van der Waals surface area (Å²) in [5.41, 5.74) is 7.91. The number of nitrogens with zero attached hydrogens (tertiary/aromatic N) is 3. The van der Waals surface area contributed by atoms with Crippen molar-refractivity contribution in [3.05, 3.63) is 39.8 Å². The van der Waals surface area contributed by atoms with Gasteiger partial charge in [0.25, 0.3) is 0 Å². The first kappa shape index (κ1) is 13.3. The van der Waals surface area contributed by atoms with Crippen LogP contribution in [0.5, 0.6) is 0 Å². The average Bonchev–Trinajstić information content (AvgIpc) is 2.29. The van der Waals surface area contributed by atoms with E-state index in [1.165, 1.54) is 0 Å². The maximum atomic E-state index is 13.1. The standard InChI is InChI=1S/C8H3F4N3OS/c9-3-1-4(10)7(12)8(6(3)11)17-5(16)2-14-15-13/h1H,2H2. The van der Waals surface area contributed by atoms with Crippen molar-refractivity contribution in [2.45, 2.75) is 4.90 Å². The van der Waals surface area contributed by atoms with E-state index in [1.54, 1.807) is 0 Å². The van der Waals surface area contributed by atoms with Crippen LogP contribution in [0.2, 0.25) is 0 Å². The number of rotatable bonds is 3. The quantitative estimate of drug-likeness (QED) is 0.210. The van der Waals surface area contributed by atoms with Gasteiger partial charge in [-0.3, -0.25) is 4.79 Å². The van der Waals surface area contributed by atoms with Gasteiger partial charge in [0, 0.05) is 11.0 Å². The summed E-state index contributed by atoms with van der Waals surface area (Å²) in [6.45, 7) is -0.682. The monoisotopic (exact) mass is 265 g/mol. The van der Waals surface area contributed by atoms with E-state index in [0.717, 1.165) is 0 Å². The summed E-state index contributed by atoms with van der Waals surface area (Å²) < 4.78 is 51.6. The van der Waals surface area contributed by atoms with Gasteiger partial charge in [0.05, 0.1) is 11.4 Å². The van der Waals surface area contributed by atoms with Gasteiger partial charge in [-0.1, -0.05) is 5.11 Å². The van der Waals surface area contributed by atoms with Crippen molar-refractivity contribution in [3.63, 3.8) is 0 Å². The maximum absolute atomic E-state index is 13.1. The highest BCUT2D eigenvalue weighted by Gasteiger charge is 2.21. The zero-order chi connectivity index (χ0) is 13.0. The predicted molar refractivity (Wildman–Crippen MR) is 51.2 cm³/mol. The molecule has 1 aromatic carbocycles. The zero-order valence-corrected chi connectivity index (χ0v) is 8.77. The van der Waals surface area contributed by atoms with E-state index < -0.39 is 39.8 Å². The minimum Gasteiger partial charge on any atom is -0.287 e. The van der Waals surface area contributed by atoms with Gasteiger partial charge in [-0.15, -0.1) is 0 Å². The second-order valence-corrected chi connectivity index (χ2v) is 3.73. The smallest absolute Gasteiger partial charge is 0.199 e. The molecule has 0 fully saturated rings. The Morgan fingerprint density at radius 2 is 1.82 bits per heavy atom. The second kappa shape index (κ2) is 5.55. The Morgan fingerprint density at radius 3 is 2.29 bits per heavy atom. The molecule has 0 heterocycles. The van der Waals surface area contributed by atoms with Crippen molar-refractivity contribution < 1.29 is 22.4 Å². The summed E-state index contributed by atoms with van der Waals surface area (Å²) in [7, 11) is 0. The Hall–Kier alpha value is -1.73. The molecule has 17 heavy (non-hydrogen) atoms. The molecular weight excluding hydrogens is 262 g/mol. The molecule has 0 saturated heterocycles. The number of halogens is 4. The van der Waals surface area contributed by atoms with Crippen molar-refractivity contribution in [1.82, 2.24) is 0 Å². The first-order valence-corrected chi connectivity index (χ1v) is 4.83. The molecule has 0 saturated carbocycles. The van der Waals surface area contributed by atoms with E-state index in [0.29, 0.717) is 0 Å². The highest BCUT2D eigenvalue weighted by atomic mass is 32.2. The lowest BCUT2D eigenvalue weighted by Crippen LogP contribution is -2.02. The van der Waals surface area contributed by atoms with E-state index in [2.05, 4.69) is 10.0 Å². The molecule has 4 nitrogen and oxygen atoms in total. The molecule has 0 bridgehead atoms. The van der Waals surface area contributed by atoms with Crippen LogP contribution in [0, 0.1) is 23.3 Å². The normalized spacial score (nSPS) is 9.88. The minimum absolute atomic E-state index is 0.0344. The molecule has 9 heteroatoms. The van der Waals surface area contributed by atoms with E-state index in [-0.39, 0.29) is 17.8 Å². The summed E-state index contributed by atoms with van der Waals surface area (Å²) in [5.74, 6) is -6.54. The SMILES string of the molecule is [N-]=[N+]=NCC(=O)Sc1c(F)c(F)cc(F)c1F. The van der Waals surface area contributed by atoms with Crippen LogP contribution in [0.1, 0.15) is 0 Å². The van der Waals surface area contributed by atoms with Crippen molar-refractivity contribution in [3.8, 4) is 0 Å². The third-order valence-corrected chi connectivity index (χ3v) is 2.47. The van der Waals surface area contributed by atoms with Gasteiger partial charge < -0.3 is 0 Å². The van der Waals surface area contributed by atoms with Gasteiger partial charge >= 0.3 is 0 Å². The largest absolute Gasteiger partial charge is 0.287 e. The number of thioether (sulfide) groups is 1. The van der Waals surface area contributed by atoms with Gasteiger partial charge in [-0.2, -0.15) is 0 Å². The molecular formula is C8H3F4N3OS. The van der Waals surface area contributed by atoms with Gasteiger partial charge in [-0.05, 0) is 17.3 Å². The molecule has 0 atom stereocenters. The fourth-order valence-corrected chi connectivity index (χ4v) is 1.60. The number of carbonyl (C=O) groups is 1. The van der Waals surface area contributed by atoms with E-state index in [4.69, 9.17) is 5.53 Å². The van der Waals surface area contributed by atoms with Crippen LogP contribution in [0.15, 0.2) is 16.1 Å². The molecule has 0 spiro atoms. The lowest BCUT2D eigenvalue weighted by Gasteiger charge is -2.04. The van der Waals surface area contributed by atoms with Crippen LogP contribution in [0.25, 0.3) is 10.4 Å². The fourth-order valence-electron chi connectivity index (χ4n) is 0.876. The van der Waals surface area contributed by atoms with Gasteiger partial charge in [-0.25, -0.2) is 17.6 Å². The molecule has 1 aromatic rings. The molecule has 0 radical (unpaired) electrons. The Labute approximate surface area is 96.2 Å².